The van der Waals surface area contributed by atoms with Gasteiger partial charge < -0.3 is 24.3 Å². The number of unbranched alkanes of at least 4 members (excludes halogenated alkanes) is 2. The average Bonchev–Trinajstić information content (AvgIpc) is 3.26. The average molecular weight is 855 g/mol. The van der Waals surface area contributed by atoms with Crippen molar-refractivity contribution in [2.24, 2.45) is 22.1 Å². The zero-order valence-corrected chi connectivity index (χ0v) is 37.3. The molecule has 3 aliphatic rings. The van der Waals surface area contributed by atoms with Crippen LogP contribution in [-0.2, 0) is 28.5 Å². The van der Waals surface area contributed by atoms with Crippen molar-refractivity contribution >= 4 is 11.9 Å². The van der Waals surface area contributed by atoms with Crippen molar-refractivity contribution in [1.82, 2.24) is 10.2 Å². The largest absolute Gasteiger partial charge is 0.496 e. The van der Waals surface area contributed by atoms with Crippen molar-refractivity contribution in [3.63, 3.8) is 0 Å². The monoisotopic (exact) mass is 855 g/mol. The van der Waals surface area contributed by atoms with Gasteiger partial charge >= 0.3 is 11.9 Å². The lowest BCUT2D eigenvalue weighted by Gasteiger charge is -2.37. The van der Waals surface area contributed by atoms with Gasteiger partial charge in [0.2, 0.25) is 6.04 Å². The Hall–Kier alpha value is -4.70. The molecule has 0 saturated carbocycles. The minimum Gasteiger partial charge on any atom is -0.496 e. The van der Waals surface area contributed by atoms with E-state index in [0.717, 1.165) is 68.7 Å². The Labute approximate surface area is 361 Å². The molecule has 0 bridgehead atoms. The number of carbonyl (C=O) groups excluding carboxylic acids is 2. The summed E-state index contributed by atoms with van der Waals surface area (Å²) in [6.07, 6.45) is 18.8. The number of nitro groups is 2. The summed E-state index contributed by atoms with van der Waals surface area (Å²) in [7, 11) is 0. The fraction of sp³-hybridized carbons (Fsp3) is 0.689. The summed E-state index contributed by atoms with van der Waals surface area (Å²) in [4.78, 5) is 48.1. The number of azo groups is 1. The second-order valence-corrected chi connectivity index (χ2v) is 16.0. The highest BCUT2D eigenvalue weighted by atomic mass is 16.6. The summed E-state index contributed by atoms with van der Waals surface area (Å²) in [5, 5.41) is 36.2. The molecule has 0 spiro atoms. The van der Waals surface area contributed by atoms with Gasteiger partial charge in [0.1, 0.15) is 31.4 Å². The smallest absolute Gasteiger partial charge is 0.330 e. The Balaban J connectivity index is 1.98. The predicted molar refractivity (Wildman–Crippen MR) is 233 cm³/mol. The Morgan fingerprint density at radius 1 is 0.967 bits per heavy atom. The number of hydrogen-bond donors (Lipinski definition) is 1. The summed E-state index contributed by atoms with van der Waals surface area (Å²) in [5.41, 5.74) is 1.67. The Kier molecular flexibility index (Phi) is 22.7. The van der Waals surface area contributed by atoms with Gasteiger partial charge in [0.15, 0.2) is 5.70 Å². The fourth-order valence-corrected chi connectivity index (χ4v) is 7.50. The van der Waals surface area contributed by atoms with E-state index in [9.17, 15) is 29.8 Å². The third-order valence-corrected chi connectivity index (χ3v) is 11.6. The van der Waals surface area contributed by atoms with Crippen molar-refractivity contribution in [3.8, 4) is 0 Å². The van der Waals surface area contributed by atoms with E-state index in [0.29, 0.717) is 56.7 Å². The molecule has 1 N–H and O–H groups in total. The van der Waals surface area contributed by atoms with Gasteiger partial charge in [-0.3, -0.25) is 29.9 Å². The van der Waals surface area contributed by atoms with Crippen molar-refractivity contribution in [3.05, 3.63) is 91.7 Å². The molecule has 61 heavy (non-hydrogen) atoms. The highest BCUT2D eigenvalue weighted by Crippen LogP contribution is 2.32. The first-order chi connectivity index (χ1) is 29.4. The molecule has 0 fully saturated rings. The molecule has 340 valence electrons. The summed E-state index contributed by atoms with van der Waals surface area (Å²) in [6.45, 7) is 18.3. The molecule has 0 radical (unpaired) electrons. The second-order valence-electron chi connectivity index (χ2n) is 16.0. The first-order valence-electron chi connectivity index (χ1n) is 22.3. The fourth-order valence-electron chi connectivity index (χ4n) is 7.50. The molecule has 0 saturated heterocycles. The van der Waals surface area contributed by atoms with Crippen LogP contribution in [-0.4, -0.2) is 96.5 Å². The molecule has 16 nitrogen and oxygen atoms in total. The number of carbonyl (C=O) groups is 2. The first-order valence-corrected chi connectivity index (χ1v) is 22.3. The van der Waals surface area contributed by atoms with E-state index in [1.807, 2.05) is 6.08 Å². The molecule has 0 aromatic heterocycles. The topological polar surface area (TPSA) is 197 Å². The van der Waals surface area contributed by atoms with Gasteiger partial charge in [0.25, 0.3) is 5.70 Å². The van der Waals surface area contributed by atoms with Gasteiger partial charge in [-0.25, -0.2) is 4.79 Å². The van der Waals surface area contributed by atoms with E-state index in [1.165, 1.54) is 12.2 Å². The van der Waals surface area contributed by atoms with Crippen LogP contribution in [0.1, 0.15) is 119 Å². The summed E-state index contributed by atoms with van der Waals surface area (Å²) in [5.74, 6) is 0.600. The quantitative estimate of drug-likeness (QED) is 0.0248. The van der Waals surface area contributed by atoms with Crippen LogP contribution >= 0.6 is 0 Å². The highest BCUT2D eigenvalue weighted by molar-refractivity contribution is 5.81. The lowest BCUT2D eigenvalue weighted by Crippen LogP contribution is -2.45. The lowest BCUT2D eigenvalue weighted by atomic mass is 9.91. The van der Waals surface area contributed by atoms with Gasteiger partial charge in [-0.2, -0.15) is 5.11 Å². The Bertz CT molecular complexity index is 1650. The molecule has 3 aliphatic carbocycles. The van der Waals surface area contributed by atoms with Crippen LogP contribution in [0.2, 0.25) is 0 Å². The number of ether oxygens (including phenoxy) is 4. The normalized spacial score (nSPS) is 22.5. The van der Waals surface area contributed by atoms with E-state index in [-0.39, 0.29) is 55.5 Å². The molecule has 7 atom stereocenters. The van der Waals surface area contributed by atoms with Crippen LogP contribution < -0.4 is 5.32 Å². The zero-order chi connectivity index (χ0) is 44.7. The molecule has 0 aromatic carbocycles. The summed E-state index contributed by atoms with van der Waals surface area (Å²) in [6, 6.07) is -2.18. The minimum absolute atomic E-state index is 0.0166. The molecule has 0 aliphatic heterocycles. The van der Waals surface area contributed by atoms with Crippen molar-refractivity contribution < 1.29 is 38.4 Å². The molecular formula is C45H70N6O10. The maximum atomic E-state index is 12.0. The van der Waals surface area contributed by atoms with Gasteiger partial charge in [-0.1, -0.05) is 85.8 Å². The van der Waals surface area contributed by atoms with Crippen LogP contribution in [0.5, 0.6) is 0 Å². The number of allylic oxidation sites excluding steroid dienone is 2. The molecule has 0 aromatic rings. The number of rotatable bonds is 29. The van der Waals surface area contributed by atoms with Crippen LogP contribution in [0.25, 0.3) is 0 Å². The Morgan fingerprint density at radius 2 is 1.64 bits per heavy atom. The maximum absolute atomic E-state index is 12.0. The van der Waals surface area contributed by atoms with Crippen molar-refractivity contribution in [2.45, 2.75) is 149 Å². The first kappa shape index (κ1) is 50.7. The standard InChI is InChI=1S/C45H70N6O10/c1-8-14-16-33(10-3)30-60-42-29-40(48-47-38-21-19-36(50(54)55)27-41(38)51(56)57)43(61-31-34(11-4)17-15-9-2)28-39(42)46-37-20-18-35(26-32(37)7)49(22-24-58-44(52)12-5)23-25-59-45(53)13-6/h12,18-21,29,33-36,39-40,43,46H,5,8-11,13-17,22-28,30-31H2,1-4,6-7H3. The third kappa shape index (κ3) is 16.9. The van der Waals surface area contributed by atoms with Crippen LogP contribution in [0.15, 0.2) is 81.7 Å². The Morgan fingerprint density at radius 3 is 2.23 bits per heavy atom. The van der Waals surface area contributed by atoms with E-state index in [2.05, 4.69) is 73.8 Å². The SMILES string of the molecule is C=CC(=O)OCCN(CCOC(=O)CC)C1C=CC(NC2CC(OCC(CC)CCCC)C(N=NC3=C([N+](=O)[O-])CC([N+](=O)[O-])C=C3)C=C2OCC(CC)CCCC)=C(C)C1. The molecule has 0 heterocycles. The van der Waals surface area contributed by atoms with E-state index >= 15 is 0 Å². The second kappa shape index (κ2) is 27.3. The molecule has 0 amide bonds. The number of esters is 2. The van der Waals surface area contributed by atoms with Crippen LogP contribution in [0, 0.1) is 32.1 Å². The van der Waals surface area contributed by atoms with Gasteiger partial charge in [-0.15, -0.1) is 5.11 Å². The van der Waals surface area contributed by atoms with Gasteiger partial charge in [-0.05, 0) is 67.9 Å². The maximum Gasteiger partial charge on any atom is 0.330 e. The molecular weight excluding hydrogens is 785 g/mol. The van der Waals surface area contributed by atoms with Crippen LogP contribution in [0.4, 0.5) is 0 Å². The number of hydrogen-bond acceptors (Lipinski definition) is 14. The third-order valence-electron chi connectivity index (χ3n) is 11.6. The van der Waals surface area contributed by atoms with E-state index in [4.69, 9.17) is 18.9 Å². The lowest BCUT2D eigenvalue weighted by molar-refractivity contribution is -0.518. The minimum atomic E-state index is -1.21. The zero-order valence-electron chi connectivity index (χ0n) is 37.3. The summed E-state index contributed by atoms with van der Waals surface area (Å²) >= 11 is 0. The van der Waals surface area contributed by atoms with E-state index in [1.54, 1.807) is 6.92 Å². The number of nitrogens with zero attached hydrogens (tertiary/aromatic N) is 5. The molecule has 3 rings (SSSR count). The van der Waals surface area contributed by atoms with Gasteiger partial charge in [0, 0.05) is 55.3 Å². The summed E-state index contributed by atoms with van der Waals surface area (Å²) < 4.78 is 24.1. The highest BCUT2D eigenvalue weighted by Gasteiger charge is 2.36. The number of nitrogens with one attached hydrogen (secondary N) is 1. The molecule has 16 heteroatoms. The van der Waals surface area contributed by atoms with E-state index < -0.39 is 34.0 Å². The molecule has 7 unspecified atom stereocenters. The van der Waals surface area contributed by atoms with Crippen LogP contribution in [0.3, 0.4) is 0 Å². The van der Waals surface area contributed by atoms with Crippen molar-refractivity contribution in [2.75, 3.05) is 39.5 Å². The van der Waals surface area contributed by atoms with Gasteiger partial charge in [0.05, 0.1) is 23.7 Å². The predicted octanol–water partition coefficient (Wildman–Crippen LogP) is 8.57. The van der Waals surface area contributed by atoms with Crippen molar-refractivity contribution in [1.29, 1.82) is 0 Å².